The zero-order valence-electron chi connectivity index (χ0n) is 14.0. The first-order valence-corrected chi connectivity index (χ1v) is 8.69. The van der Waals surface area contributed by atoms with Crippen LogP contribution in [0.3, 0.4) is 0 Å². The van der Waals surface area contributed by atoms with Crippen LogP contribution in [-0.2, 0) is 34.2 Å². The fraction of sp³-hybridized carbons (Fsp3) is 0.706. The number of piperidine rings is 1. The molecule has 0 saturated carbocycles. The largest absolute Gasteiger partial charge is 0.347 e. The second-order valence-corrected chi connectivity index (χ2v) is 6.95. The summed E-state index contributed by atoms with van der Waals surface area (Å²) < 4.78 is 12.8. The lowest BCUT2D eigenvalue weighted by Gasteiger charge is -2.39. The summed E-state index contributed by atoms with van der Waals surface area (Å²) in [5.41, 5.74) is 1.77. The Morgan fingerprint density at radius 2 is 2.00 bits per heavy atom. The van der Waals surface area contributed by atoms with Gasteiger partial charge in [0.05, 0.1) is 18.9 Å². The first-order valence-electron chi connectivity index (χ1n) is 8.69. The topological polar surface area (TPSA) is 73.7 Å². The minimum absolute atomic E-state index is 0.0501. The van der Waals surface area contributed by atoms with Gasteiger partial charge in [-0.15, -0.1) is 0 Å². The lowest BCUT2D eigenvalue weighted by Crippen LogP contribution is -2.49. The van der Waals surface area contributed by atoms with Crippen molar-refractivity contribution in [3.8, 4) is 0 Å². The number of ether oxygens (including phenoxy) is 2. The number of fused-ring (bicyclic) bond motifs is 1. The molecule has 0 radical (unpaired) electrons. The number of carbonyl (C=O) groups excluding carboxylic acids is 1. The van der Waals surface area contributed by atoms with Crippen molar-refractivity contribution < 1.29 is 14.3 Å². The third-order valence-corrected chi connectivity index (χ3v) is 5.45. The lowest BCUT2D eigenvalue weighted by molar-refractivity contribution is -0.188. The number of rotatable bonds is 1. The van der Waals surface area contributed by atoms with Crippen molar-refractivity contribution in [2.24, 2.45) is 13.0 Å². The molecule has 1 aromatic rings. The molecule has 0 unspecified atom stereocenters. The Morgan fingerprint density at radius 3 is 2.71 bits per heavy atom. The molecule has 0 N–H and O–H groups in total. The van der Waals surface area contributed by atoms with Crippen LogP contribution in [-0.4, -0.2) is 52.7 Å². The van der Waals surface area contributed by atoms with Gasteiger partial charge in [0.1, 0.15) is 0 Å². The molecule has 1 atom stereocenters. The van der Waals surface area contributed by atoms with E-state index in [9.17, 15) is 9.59 Å². The smallest absolute Gasteiger partial charge is 0.266 e. The summed E-state index contributed by atoms with van der Waals surface area (Å²) in [6.07, 6.45) is 3.65. The average Bonchev–Trinajstić information content (AvgIpc) is 3.04. The van der Waals surface area contributed by atoms with Crippen LogP contribution in [0.25, 0.3) is 0 Å². The molecule has 2 saturated heterocycles. The maximum Gasteiger partial charge on any atom is 0.266 e. The van der Waals surface area contributed by atoms with Gasteiger partial charge in [-0.2, -0.15) is 5.10 Å². The molecular weight excluding hydrogens is 310 g/mol. The van der Waals surface area contributed by atoms with Gasteiger partial charge in [-0.25, -0.2) is 4.68 Å². The Balaban J connectivity index is 1.42. The highest BCUT2D eigenvalue weighted by Gasteiger charge is 2.42. The number of hydrogen-bond acceptors (Lipinski definition) is 5. The monoisotopic (exact) mass is 333 g/mol. The highest BCUT2D eigenvalue weighted by atomic mass is 16.7. The summed E-state index contributed by atoms with van der Waals surface area (Å²) in [5.74, 6) is -0.313. The van der Waals surface area contributed by atoms with E-state index >= 15 is 0 Å². The average molecular weight is 333 g/mol. The van der Waals surface area contributed by atoms with Gasteiger partial charge in [0.15, 0.2) is 5.79 Å². The van der Waals surface area contributed by atoms with Gasteiger partial charge in [0, 0.05) is 45.0 Å². The fourth-order valence-electron chi connectivity index (χ4n) is 4.01. The zero-order chi connectivity index (χ0) is 16.7. The van der Waals surface area contributed by atoms with E-state index in [0.29, 0.717) is 32.7 Å². The highest BCUT2D eigenvalue weighted by Crippen LogP contribution is 2.33. The number of carbonyl (C=O) groups is 1. The maximum absolute atomic E-state index is 12.9. The van der Waals surface area contributed by atoms with E-state index in [2.05, 4.69) is 5.10 Å². The quantitative estimate of drug-likeness (QED) is 0.737. The van der Waals surface area contributed by atoms with E-state index in [1.807, 2.05) is 4.90 Å². The third kappa shape index (κ3) is 2.75. The van der Waals surface area contributed by atoms with Crippen LogP contribution in [0.1, 0.15) is 30.5 Å². The molecule has 24 heavy (non-hydrogen) atoms. The Kier molecular flexibility index (Phi) is 3.92. The Morgan fingerprint density at radius 1 is 1.29 bits per heavy atom. The number of likely N-dealkylation sites (tertiary alicyclic amines) is 1. The molecule has 1 aromatic heterocycles. The van der Waals surface area contributed by atoms with Crippen LogP contribution >= 0.6 is 0 Å². The van der Waals surface area contributed by atoms with E-state index in [1.54, 1.807) is 13.1 Å². The Labute approximate surface area is 140 Å². The predicted octanol–water partition coefficient (Wildman–Crippen LogP) is 0.251. The standard InChI is InChI=1S/C17H23N3O4/c1-19-15(21)11-13-10-12(2-3-14(13)18-19)16(22)20-6-4-17(5-7-20)23-8-9-24-17/h11-12H,2-10H2,1H3/t12-/m0/s1. The van der Waals surface area contributed by atoms with Gasteiger partial charge in [-0.3, -0.25) is 9.59 Å². The van der Waals surface area contributed by atoms with E-state index < -0.39 is 5.79 Å². The number of amides is 1. The SMILES string of the molecule is Cn1nc2c(cc1=O)C[C@@H](C(=O)N1CCC3(CC1)OCCO3)CC2. The van der Waals surface area contributed by atoms with Gasteiger partial charge in [-0.1, -0.05) is 0 Å². The molecule has 3 aliphatic rings. The van der Waals surface area contributed by atoms with Gasteiger partial charge in [0.2, 0.25) is 5.91 Å². The van der Waals surface area contributed by atoms with Crippen molar-refractivity contribution in [1.29, 1.82) is 0 Å². The van der Waals surface area contributed by atoms with E-state index in [-0.39, 0.29) is 17.4 Å². The molecule has 0 bridgehead atoms. The summed E-state index contributed by atoms with van der Waals surface area (Å²) in [6, 6.07) is 1.63. The Bertz CT molecular complexity index is 698. The summed E-state index contributed by atoms with van der Waals surface area (Å²) in [6.45, 7) is 2.65. The molecule has 130 valence electrons. The van der Waals surface area contributed by atoms with Crippen LogP contribution in [0.15, 0.2) is 10.9 Å². The molecule has 1 aliphatic carbocycles. The summed E-state index contributed by atoms with van der Waals surface area (Å²) in [4.78, 5) is 26.6. The minimum Gasteiger partial charge on any atom is -0.347 e. The van der Waals surface area contributed by atoms with Crippen molar-refractivity contribution in [1.82, 2.24) is 14.7 Å². The predicted molar refractivity (Wildman–Crippen MR) is 85.4 cm³/mol. The molecule has 3 heterocycles. The molecular formula is C17H23N3O4. The third-order valence-electron chi connectivity index (χ3n) is 5.45. The molecule has 2 aliphatic heterocycles. The molecule has 7 nitrogen and oxygen atoms in total. The van der Waals surface area contributed by atoms with Crippen molar-refractivity contribution >= 4 is 5.91 Å². The van der Waals surface area contributed by atoms with Gasteiger partial charge in [-0.05, 0) is 24.8 Å². The highest BCUT2D eigenvalue weighted by molar-refractivity contribution is 5.79. The van der Waals surface area contributed by atoms with E-state index in [0.717, 1.165) is 36.9 Å². The van der Waals surface area contributed by atoms with Crippen molar-refractivity contribution in [3.63, 3.8) is 0 Å². The molecule has 2 fully saturated rings. The normalized spacial score (nSPS) is 25.7. The fourth-order valence-corrected chi connectivity index (χ4v) is 4.01. The van der Waals surface area contributed by atoms with Crippen LogP contribution < -0.4 is 5.56 Å². The number of aryl methyl sites for hydroxylation is 2. The summed E-state index contributed by atoms with van der Waals surface area (Å²) >= 11 is 0. The maximum atomic E-state index is 12.9. The number of nitrogens with zero attached hydrogens (tertiary/aromatic N) is 3. The van der Waals surface area contributed by atoms with Crippen LogP contribution in [0.5, 0.6) is 0 Å². The van der Waals surface area contributed by atoms with E-state index in [4.69, 9.17) is 9.47 Å². The van der Waals surface area contributed by atoms with Gasteiger partial charge >= 0.3 is 0 Å². The molecule has 1 amide bonds. The zero-order valence-corrected chi connectivity index (χ0v) is 14.0. The van der Waals surface area contributed by atoms with Crippen LogP contribution in [0, 0.1) is 5.92 Å². The second kappa shape index (κ2) is 5.97. The van der Waals surface area contributed by atoms with Crippen molar-refractivity contribution in [3.05, 3.63) is 27.7 Å². The van der Waals surface area contributed by atoms with Crippen LogP contribution in [0.4, 0.5) is 0 Å². The Hall–Kier alpha value is -1.73. The first kappa shape index (κ1) is 15.8. The lowest BCUT2D eigenvalue weighted by atomic mass is 9.85. The molecule has 7 heteroatoms. The molecule has 4 rings (SSSR count). The first-order chi connectivity index (χ1) is 11.6. The second-order valence-electron chi connectivity index (χ2n) is 6.95. The summed E-state index contributed by atoms with van der Waals surface area (Å²) in [7, 11) is 1.66. The number of aromatic nitrogens is 2. The van der Waals surface area contributed by atoms with Crippen molar-refractivity contribution in [2.75, 3.05) is 26.3 Å². The van der Waals surface area contributed by atoms with Gasteiger partial charge in [0.25, 0.3) is 5.56 Å². The van der Waals surface area contributed by atoms with E-state index in [1.165, 1.54) is 4.68 Å². The van der Waals surface area contributed by atoms with Crippen molar-refractivity contribution in [2.45, 2.75) is 37.9 Å². The van der Waals surface area contributed by atoms with Crippen LogP contribution in [0.2, 0.25) is 0 Å². The van der Waals surface area contributed by atoms with Gasteiger partial charge < -0.3 is 14.4 Å². The number of hydrogen-bond donors (Lipinski definition) is 0. The molecule has 0 aromatic carbocycles. The summed E-state index contributed by atoms with van der Waals surface area (Å²) in [5, 5.41) is 4.31. The molecule has 1 spiro atoms. The minimum atomic E-state index is -0.452.